The standard InChI is InChI=1S/C20H18F7NO2.C20H16F7NO2.CH4/c2*1-11(13-8-14(19(22,23)24)10-15(9-13)20(25,26)27)30-18-17(28-6-7-29-18)12-2-4-16(21)5-3-12;/h2-5,8-11,17-18,28H,6-7H2,1H3;2-5,8-11,18H,6-7H2,1H3;1H4/t11-,17+,18?;11-,18?;/m11./s1. The minimum absolute atomic E-state index is 0. The fourth-order valence-electron chi connectivity index (χ4n) is 6.05. The van der Waals surface area contributed by atoms with E-state index < -0.39 is 89.4 Å². The lowest BCUT2D eigenvalue weighted by Crippen LogP contribution is -2.43. The van der Waals surface area contributed by atoms with Crippen molar-refractivity contribution in [1.82, 2.24) is 5.32 Å². The Morgan fingerprint density at radius 1 is 0.590 bits per heavy atom. The molecular weight excluding hydrogens is 850 g/mol. The zero-order valence-corrected chi connectivity index (χ0v) is 31.2. The SMILES string of the molecule is C.C[C@@H](OC1OCCN=C1c1ccc(F)cc1)c1cc(C(F)(F)F)cc(C(F)(F)F)c1.C[C@@H](OC1OCCN[C@H]1c1ccc(F)cc1)c1cc(C(F)(F)F)cc(C(F)(F)F)c1. The Labute approximate surface area is 340 Å². The van der Waals surface area contributed by atoms with Crippen LogP contribution in [0.2, 0.25) is 0 Å². The third-order valence-corrected chi connectivity index (χ3v) is 9.08. The number of ether oxygens (including phenoxy) is 4. The van der Waals surface area contributed by atoms with Gasteiger partial charge in [0.2, 0.25) is 6.29 Å². The van der Waals surface area contributed by atoms with Gasteiger partial charge in [-0.05, 0) is 91.2 Å². The number of alkyl halides is 12. The summed E-state index contributed by atoms with van der Waals surface area (Å²) >= 11 is 0. The lowest BCUT2D eigenvalue weighted by molar-refractivity contribution is -0.200. The number of hydrogen-bond acceptors (Lipinski definition) is 6. The van der Waals surface area contributed by atoms with E-state index in [2.05, 4.69) is 10.3 Å². The highest BCUT2D eigenvalue weighted by atomic mass is 19.4. The molecule has 0 aromatic heterocycles. The van der Waals surface area contributed by atoms with Crippen molar-refractivity contribution in [1.29, 1.82) is 0 Å². The molecule has 6 rings (SSSR count). The second-order valence-corrected chi connectivity index (χ2v) is 13.4. The van der Waals surface area contributed by atoms with E-state index in [1.165, 1.54) is 62.4 Å². The maximum absolute atomic E-state index is 13.2. The van der Waals surface area contributed by atoms with Gasteiger partial charge in [0.25, 0.3) is 0 Å². The number of halogens is 14. The van der Waals surface area contributed by atoms with Gasteiger partial charge in [-0.3, -0.25) is 4.99 Å². The summed E-state index contributed by atoms with van der Waals surface area (Å²) in [5.74, 6) is -0.935. The Balaban J connectivity index is 0.000000264. The first-order valence-electron chi connectivity index (χ1n) is 17.8. The van der Waals surface area contributed by atoms with Crippen molar-refractivity contribution in [2.24, 2.45) is 4.99 Å². The van der Waals surface area contributed by atoms with Crippen LogP contribution < -0.4 is 5.32 Å². The van der Waals surface area contributed by atoms with E-state index >= 15 is 0 Å². The first kappa shape index (κ1) is 49.0. The molecule has 2 unspecified atom stereocenters. The first-order chi connectivity index (χ1) is 27.9. The second-order valence-electron chi connectivity index (χ2n) is 13.4. The van der Waals surface area contributed by atoms with Gasteiger partial charge < -0.3 is 24.3 Å². The number of rotatable bonds is 8. The van der Waals surface area contributed by atoms with E-state index in [1.807, 2.05) is 0 Å². The van der Waals surface area contributed by atoms with Crippen molar-refractivity contribution in [3.8, 4) is 0 Å². The summed E-state index contributed by atoms with van der Waals surface area (Å²) in [5, 5.41) is 3.10. The molecule has 5 atom stereocenters. The van der Waals surface area contributed by atoms with Gasteiger partial charge in [0.1, 0.15) is 11.6 Å². The fraction of sp³-hybridized carbons (Fsp3) is 0.390. The quantitative estimate of drug-likeness (QED) is 0.179. The third-order valence-electron chi connectivity index (χ3n) is 9.08. The van der Waals surface area contributed by atoms with Crippen LogP contribution in [0.5, 0.6) is 0 Å². The van der Waals surface area contributed by atoms with E-state index in [0.29, 0.717) is 41.9 Å². The van der Waals surface area contributed by atoms with Gasteiger partial charge in [-0.25, -0.2) is 8.78 Å². The molecule has 0 spiro atoms. The van der Waals surface area contributed by atoms with Gasteiger partial charge in [-0.2, -0.15) is 52.7 Å². The predicted molar refractivity (Wildman–Crippen MR) is 193 cm³/mol. The molecule has 4 aromatic rings. The van der Waals surface area contributed by atoms with E-state index in [9.17, 15) is 61.5 Å². The van der Waals surface area contributed by atoms with Crippen molar-refractivity contribution in [2.45, 2.75) is 76.8 Å². The minimum atomic E-state index is -4.96. The second kappa shape index (κ2) is 19.6. The molecule has 20 heteroatoms. The summed E-state index contributed by atoms with van der Waals surface area (Å²) in [6.07, 6.45) is -24.3. The van der Waals surface area contributed by atoms with Gasteiger partial charge in [0, 0.05) is 12.1 Å². The zero-order valence-electron chi connectivity index (χ0n) is 31.2. The lowest BCUT2D eigenvalue weighted by atomic mass is 10.0. The van der Waals surface area contributed by atoms with Crippen molar-refractivity contribution in [3.63, 3.8) is 0 Å². The summed E-state index contributed by atoms with van der Waals surface area (Å²) in [7, 11) is 0. The van der Waals surface area contributed by atoms with E-state index in [0.717, 1.165) is 0 Å². The highest BCUT2D eigenvalue weighted by molar-refractivity contribution is 6.03. The van der Waals surface area contributed by atoms with Crippen LogP contribution in [0.25, 0.3) is 0 Å². The monoisotopic (exact) mass is 888 g/mol. The minimum Gasteiger partial charge on any atom is -0.349 e. The number of morpholine rings is 1. The molecule has 1 N–H and O–H groups in total. The van der Waals surface area contributed by atoms with E-state index in [-0.39, 0.29) is 56.2 Å². The fourth-order valence-corrected chi connectivity index (χ4v) is 6.05. The molecule has 6 nitrogen and oxygen atoms in total. The summed E-state index contributed by atoms with van der Waals surface area (Å²) in [6, 6.07) is 12.7. The maximum Gasteiger partial charge on any atom is 0.416 e. The molecular formula is C41H38F14N2O4. The maximum atomic E-state index is 13.2. The number of hydrogen-bond donors (Lipinski definition) is 1. The highest BCUT2D eigenvalue weighted by Gasteiger charge is 2.40. The molecule has 0 saturated carbocycles. The van der Waals surface area contributed by atoms with Crippen LogP contribution in [-0.4, -0.2) is 44.6 Å². The molecule has 0 radical (unpaired) electrons. The first-order valence-corrected chi connectivity index (χ1v) is 17.8. The van der Waals surface area contributed by atoms with Crippen LogP contribution in [-0.2, 0) is 43.7 Å². The molecule has 0 bridgehead atoms. The Hall–Kier alpha value is -4.63. The number of aliphatic imine (C=N–C) groups is 1. The number of nitrogens with zero attached hydrogens (tertiary/aromatic N) is 1. The molecule has 334 valence electrons. The molecule has 4 aromatic carbocycles. The van der Waals surface area contributed by atoms with Gasteiger partial charge in [-0.15, -0.1) is 0 Å². The van der Waals surface area contributed by atoms with Gasteiger partial charge >= 0.3 is 24.7 Å². The molecule has 1 fully saturated rings. The zero-order chi connectivity index (χ0) is 44.2. The Morgan fingerprint density at radius 2 is 1.02 bits per heavy atom. The van der Waals surface area contributed by atoms with Gasteiger partial charge in [0.05, 0.1) is 66.0 Å². The molecule has 2 aliphatic heterocycles. The summed E-state index contributed by atoms with van der Waals surface area (Å²) in [6.45, 7) is 3.76. The van der Waals surface area contributed by atoms with Crippen molar-refractivity contribution in [3.05, 3.63) is 141 Å². The van der Waals surface area contributed by atoms with Crippen molar-refractivity contribution >= 4 is 5.71 Å². The van der Waals surface area contributed by atoms with Crippen molar-refractivity contribution in [2.75, 3.05) is 26.3 Å². The Morgan fingerprint density at radius 3 is 1.46 bits per heavy atom. The van der Waals surface area contributed by atoms with E-state index in [1.54, 1.807) is 0 Å². The van der Waals surface area contributed by atoms with Crippen molar-refractivity contribution < 1.29 is 80.4 Å². The number of nitrogens with one attached hydrogen (secondary N) is 1. The van der Waals surface area contributed by atoms with Gasteiger partial charge in [0.15, 0.2) is 6.29 Å². The largest absolute Gasteiger partial charge is 0.416 e. The molecule has 0 amide bonds. The molecule has 61 heavy (non-hydrogen) atoms. The molecule has 2 aliphatic rings. The lowest BCUT2D eigenvalue weighted by Gasteiger charge is -2.34. The molecule has 0 aliphatic carbocycles. The molecule has 1 saturated heterocycles. The normalized spacial score (nSPS) is 19.8. The average Bonchev–Trinajstić information content (AvgIpc) is 3.17. The van der Waals surface area contributed by atoms with Crippen LogP contribution in [0.15, 0.2) is 89.9 Å². The van der Waals surface area contributed by atoms with Crippen LogP contribution in [0.1, 0.15) is 84.0 Å². The van der Waals surface area contributed by atoms with Crippen LogP contribution in [0, 0.1) is 11.6 Å². The third kappa shape index (κ3) is 13.2. The van der Waals surface area contributed by atoms with Crippen LogP contribution in [0.4, 0.5) is 61.5 Å². The highest BCUT2D eigenvalue weighted by Crippen LogP contribution is 2.40. The van der Waals surface area contributed by atoms with Crippen LogP contribution >= 0.6 is 0 Å². The summed E-state index contributed by atoms with van der Waals surface area (Å²) < 4.78 is 206. The topological polar surface area (TPSA) is 61.3 Å². The smallest absolute Gasteiger partial charge is 0.349 e. The average molecular weight is 889 g/mol. The van der Waals surface area contributed by atoms with Gasteiger partial charge in [-0.1, -0.05) is 31.7 Å². The summed E-state index contributed by atoms with van der Waals surface area (Å²) in [5.41, 5.74) is -4.95. The molecule has 2 heterocycles. The number of benzene rings is 4. The van der Waals surface area contributed by atoms with Crippen LogP contribution in [0.3, 0.4) is 0 Å². The Kier molecular flexibility index (Phi) is 15.8. The summed E-state index contributed by atoms with van der Waals surface area (Å²) in [4.78, 5) is 4.26. The predicted octanol–water partition coefficient (Wildman–Crippen LogP) is 12.1. The Bertz CT molecular complexity index is 2020. The van der Waals surface area contributed by atoms with E-state index in [4.69, 9.17) is 18.9 Å².